The third-order valence-electron chi connectivity index (χ3n) is 5.57. The Morgan fingerprint density at radius 3 is 2.72 bits per heavy atom. The molecule has 0 bridgehead atoms. The summed E-state index contributed by atoms with van der Waals surface area (Å²) in [6.45, 7) is 7.85. The lowest BCUT2D eigenvalue weighted by molar-refractivity contribution is -0.137. The normalized spacial score (nSPS) is 20.1. The van der Waals surface area contributed by atoms with Gasteiger partial charge in [0.25, 0.3) is 0 Å². The van der Waals surface area contributed by atoms with Crippen LogP contribution in [0.3, 0.4) is 0 Å². The molecule has 3 rings (SSSR count). The molecule has 6 nitrogen and oxygen atoms in total. The van der Waals surface area contributed by atoms with E-state index in [2.05, 4.69) is 18.8 Å². The Kier molecular flexibility index (Phi) is 5.35. The van der Waals surface area contributed by atoms with E-state index < -0.39 is 0 Å². The van der Waals surface area contributed by atoms with Gasteiger partial charge >= 0.3 is 0 Å². The summed E-state index contributed by atoms with van der Waals surface area (Å²) in [7, 11) is 0. The van der Waals surface area contributed by atoms with Gasteiger partial charge in [0.2, 0.25) is 11.8 Å². The maximum Gasteiger partial charge on any atom is 0.226 e. The number of nitrogens with zero attached hydrogens (tertiary/aromatic N) is 4. The minimum Gasteiger partial charge on any atom is -0.338 e. The maximum absolute atomic E-state index is 12.8. The molecule has 1 aromatic heterocycles. The molecule has 6 heteroatoms. The second-order valence-electron chi connectivity index (χ2n) is 7.09. The van der Waals surface area contributed by atoms with Gasteiger partial charge in [0.1, 0.15) is 0 Å². The Hall–Kier alpha value is -1.98. The van der Waals surface area contributed by atoms with Crippen LogP contribution in [0.5, 0.6) is 0 Å². The van der Waals surface area contributed by atoms with Gasteiger partial charge in [-0.05, 0) is 25.7 Å². The van der Waals surface area contributed by atoms with Crippen molar-refractivity contribution in [2.75, 3.05) is 13.1 Å². The van der Waals surface area contributed by atoms with Crippen molar-refractivity contribution in [3.63, 3.8) is 0 Å². The first kappa shape index (κ1) is 17.8. The van der Waals surface area contributed by atoms with Crippen LogP contribution in [0.4, 0.5) is 0 Å². The lowest BCUT2D eigenvalue weighted by atomic mass is 10.0. The van der Waals surface area contributed by atoms with Crippen LogP contribution in [0.1, 0.15) is 69.6 Å². The van der Waals surface area contributed by atoms with E-state index in [4.69, 9.17) is 4.98 Å². The molecule has 25 heavy (non-hydrogen) atoms. The fourth-order valence-electron chi connectivity index (χ4n) is 3.93. The number of hydrogen-bond acceptors (Lipinski definition) is 4. The molecule has 3 heterocycles. The van der Waals surface area contributed by atoms with Crippen molar-refractivity contribution >= 4 is 11.8 Å². The SMILES string of the molecule is CCC(CC)C(=O)N1CCC[C@H]1c1ncc2c(n1)CCN(C(C)=O)C2. The summed E-state index contributed by atoms with van der Waals surface area (Å²) in [5.74, 6) is 1.21. The Morgan fingerprint density at radius 2 is 2.04 bits per heavy atom. The van der Waals surface area contributed by atoms with Gasteiger partial charge < -0.3 is 9.80 Å². The number of hydrogen-bond donors (Lipinski definition) is 0. The van der Waals surface area contributed by atoms with Gasteiger partial charge in [-0.2, -0.15) is 0 Å². The highest BCUT2D eigenvalue weighted by atomic mass is 16.2. The quantitative estimate of drug-likeness (QED) is 0.842. The van der Waals surface area contributed by atoms with Gasteiger partial charge in [-0.1, -0.05) is 13.8 Å². The number of fused-ring (bicyclic) bond motifs is 1. The molecule has 0 radical (unpaired) electrons. The average molecular weight is 344 g/mol. The first-order valence-corrected chi connectivity index (χ1v) is 9.45. The summed E-state index contributed by atoms with van der Waals surface area (Å²) >= 11 is 0. The van der Waals surface area contributed by atoms with Crippen molar-refractivity contribution in [3.8, 4) is 0 Å². The smallest absolute Gasteiger partial charge is 0.226 e. The average Bonchev–Trinajstić information content (AvgIpc) is 3.11. The molecule has 2 aliphatic rings. The molecule has 0 saturated carbocycles. The highest BCUT2D eigenvalue weighted by Gasteiger charge is 2.35. The van der Waals surface area contributed by atoms with E-state index in [0.717, 1.165) is 55.7 Å². The minimum absolute atomic E-state index is 0.00392. The van der Waals surface area contributed by atoms with Crippen LogP contribution in [-0.4, -0.2) is 44.7 Å². The van der Waals surface area contributed by atoms with Crippen molar-refractivity contribution in [2.45, 2.75) is 65.5 Å². The lowest BCUT2D eigenvalue weighted by Gasteiger charge is -2.30. The molecular weight excluding hydrogens is 316 g/mol. The summed E-state index contributed by atoms with van der Waals surface area (Å²) < 4.78 is 0. The van der Waals surface area contributed by atoms with E-state index in [1.807, 2.05) is 16.0 Å². The highest BCUT2D eigenvalue weighted by molar-refractivity contribution is 5.79. The van der Waals surface area contributed by atoms with Crippen LogP contribution in [0, 0.1) is 5.92 Å². The molecule has 1 saturated heterocycles. The number of aromatic nitrogens is 2. The fraction of sp³-hybridized carbons (Fsp3) is 0.684. The number of rotatable bonds is 4. The number of carbonyl (C=O) groups excluding carboxylic acids is 2. The lowest BCUT2D eigenvalue weighted by Crippen LogP contribution is -2.37. The van der Waals surface area contributed by atoms with Gasteiger partial charge in [-0.25, -0.2) is 9.97 Å². The molecule has 0 unspecified atom stereocenters. The molecule has 1 fully saturated rings. The van der Waals surface area contributed by atoms with Gasteiger partial charge in [-0.3, -0.25) is 9.59 Å². The van der Waals surface area contributed by atoms with E-state index in [1.165, 1.54) is 0 Å². The summed E-state index contributed by atoms with van der Waals surface area (Å²) in [4.78, 5) is 37.6. The maximum atomic E-state index is 12.8. The zero-order chi connectivity index (χ0) is 18.0. The van der Waals surface area contributed by atoms with Gasteiger partial charge in [-0.15, -0.1) is 0 Å². The molecule has 2 amide bonds. The van der Waals surface area contributed by atoms with E-state index >= 15 is 0 Å². The zero-order valence-corrected chi connectivity index (χ0v) is 15.5. The fourth-order valence-corrected chi connectivity index (χ4v) is 3.93. The van der Waals surface area contributed by atoms with E-state index in [-0.39, 0.29) is 23.8 Å². The first-order valence-electron chi connectivity index (χ1n) is 9.45. The molecular formula is C19H28N4O2. The summed E-state index contributed by atoms with van der Waals surface area (Å²) in [6, 6.07) is 0.00392. The number of carbonyl (C=O) groups is 2. The van der Waals surface area contributed by atoms with Gasteiger partial charge in [0, 0.05) is 50.7 Å². The predicted molar refractivity (Wildman–Crippen MR) is 94.6 cm³/mol. The highest BCUT2D eigenvalue weighted by Crippen LogP contribution is 2.33. The minimum atomic E-state index is 0.00392. The van der Waals surface area contributed by atoms with E-state index in [1.54, 1.807) is 6.92 Å². The molecule has 0 aliphatic carbocycles. The van der Waals surface area contributed by atoms with E-state index in [9.17, 15) is 9.59 Å². The molecule has 0 spiro atoms. The summed E-state index contributed by atoms with van der Waals surface area (Å²) in [5, 5.41) is 0. The van der Waals surface area contributed by atoms with Crippen LogP contribution in [-0.2, 0) is 22.6 Å². The molecule has 1 aromatic rings. The largest absolute Gasteiger partial charge is 0.338 e. The Balaban J connectivity index is 1.80. The molecule has 0 N–H and O–H groups in total. The van der Waals surface area contributed by atoms with Crippen LogP contribution in [0.2, 0.25) is 0 Å². The third-order valence-corrected chi connectivity index (χ3v) is 5.57. The summed E-state index contributed by atoms with van der Waals surface area (Å²) in [6.07, 6.45) is 6.32. The molecule has 136 valence electrons. The second-order valence-corrected chi connectivity index (χ2v) is 7.09. The van der Waals surface area contributed by atoms with Gasteiger partial charge in [0.15, 0.2) is 5.82 Å². The summed E-state index contributed by atoms with van der Waals surface area (Å²) in [5.41, 5.74) is 2.06. The topological polar surface area (TPSA) is 66.4 Å². The van der Waals surface area contributed by atoms with E-state index in [0.29, 0.717) is 13.1 Å². The second kappa shape index (κ2) is 7.50. The molecule has 0 aromatic carbocycles. The molecule has 1 atom stereocenters. The monoisotopic (exact) mass is 344 g/mol. The predicted octanol–water partition coefficient (Wildman–Crippen LogP) is 2.48. The number of likely N-dealkylation sites (tertiary alicyclic amines) is 1. The van der Waals surface area contributed by atoms with Crippen LogP contribution in [0.25, 0.3) is 0 Å². The van der Waals surface area contributed by atoms with Gasteiger partial charge in [0.05, 0.1) is 11.7 Å². The van der Waals surface area contributed by atoms with Crippen LogP contribution < -0.4 is 0 Å². The number of amides is 2. The van der Waals surface area contributed by atoms with Crippen molar-refractivity contribution < 1.29 is 9.59 Å². The first-order chi connectivity index (χ1) is 12.0. The zero-order valence-electron chi connectivity index (χ0n) is 15.5. The van der Waals surface area contributed by atoms with Crippen molar-refractivity contribution in [2.24, 2.45) is 5.92 Å². The molecule has 2 aliphatic heterocycles. The van der Waals surface area contributed by atoms with Crippen LogP contribution >= 0.6 is 0 Å². The Labute approximate surface area is 149 Å². The standard InChI is InChI=1S/C19H28N4O2/c1-4-14(5-2)19(25)23-9-6-7-17(23)18-20-11-15-12-22(13(3)24)10-8-16(15)21-18/h11,14,17H,4-10,12H2,1-3H3/t17-/m0/s1. The Bertz CT molecular complexity index is 657. The van der Waals surface area contributed by atoms with Crippen LogP contribution in [0.15, 0.2) is 6.20 Å². The van der Waals surface area contributed by atoms with Crippen molar-refractivity contribution in [3.05, 3.63) is 23.3 Å². The van der Waals surface area contributed by atoms with Crippen molar-refractivity contribution in [1.29, 1.82) is 0 Å². The van der Waals surface area contributed by atoms with Crippen molar-refractivity contribution in [1.82, 2.24) is 19.8 Å². The third kappa shape index (κ3) is 3.53. The Morgan fingerprint density at radius 1 is 1.28 bits per heavy atom.